The van der Waals surface area contributed by atoms with E-state index in [9.17, 15) is 4.79 Å². The number of carbonyl (C=O) groups excluding carboxylic acids is 1. The lowest BCUT2D eigenvalue weighted by molar-refractivity contribution is -0.149. The lowest BCUT2D eigenvalue weighted by Crippen LogP contribution is -2.48. The number of nitrogens with two attached hydrogens (primary N) is 1. The van der Waals surface area contributed by atoms with Gasteiger partial charge < -0.3 is 20.1 Å². The third-order valence-corrected chi connectivity index (χ3v) is 3.67. The summed E-state index contributed by atoms with van der Waals surface area (Å²) in [5, 5.41) is 0. The molecule has 0 aromatic heterocycles. The van der Waals surface area contributed by atoms with Gasteiger partial charge in [0, 0.05) is 26.3 Å². The van der Waals surface area contributed by atoms with Crippen LogP contribution in [0.25, 0.3) is 0 Å². The molecule has 1 rings (SSSR count). The summed E-state index contributed by atoms with van der Waals surface area (Å²) < 4.78 is 10.3. The Bertz CT molecular complexity index is 276. The Morgan fingerprint density at radius 3 is 2.68 bits per heavy atom. The molecule has 1 fully saturated rings. The van der Waals surface area contributed by atoms with Gasteiger partial charge in [0.1, 0.15) is 5.54 Å². The van der Waals surface area contributed by atoms with E-state index in [4.69, 9.17) is 15.2 Å². The molecule has 112 valence electrons. The molecule has 19 heavy (non-hydrogen) atoms. The van der Waals surface area contributed by atoms with Crippen LogP contribution in [0.1, 0.15) is 33.1 Å². The zero-order valence-corrected chi connectivity index (χ0v) is 12.5. The monoisotopic (exact) mass is 272 g/mol. The minimum atomic E-state index is -0.889. The van der Waals surface area contributed by atoms with Crippen molar-refractivity contribution in [3.05, 3.63) is 0 Å². The number of nitrogens with zero attached hydrogens (tertiary/aromatic N) is 1. The Morgan fingerprint density at radius 2 is 2.11 bits per heavy atom. The molecular weight excluding hydrogens is 244 g/mol. The summed E-state index contributed by atoms with van der Waals surface area (Å²) in [7, 11) is 2.08. The summed E-state index contributed by atoms with van der Waals surface area (Å²) in [5.74, 6) is 0.389. The summed E-state index contributed by atoms with van der Waals surface area (Å²) in [5.41, 5.74) is 5.12. The highest BCUT2D eigenvalue weighted by atomic mass is 16.5. The van der Waals surface area contributed by atoms with Crippen LogP contribution in [0.15, 0.2) is 0 Å². The quantitative estimate of drug-likeness (QED) is 0.701. The Balaban J connectivity index is 2.27. The minimum absolute atomic E-state index is 0.311. The van der Waals surface area contributed by atoms with Crippen LogP contribution in [0, 0.1) is 5.92 Å². The number of esters is 1. The molecular formula is C14H28N2O3. The van der Waals surface area contributed by atoms with Gasteiger partial charge in [-0.1, -0.05) is 0 Å². The maximum absolute atomic E-state index is 11.7. The molecule has 0 aliphatic carbocycles. The fraction of sp³-hybridized carbons (Fsp3) is 0.929. The third kappa shape index (κ3) is 5.89. The first-order valence-corrected chi connectivity index (χ1v) is 7.18. The number of carbonyl (C=O) groups is 1. The van der Waals surface area contributed by atoms with E-state index < -0.39 is 5.54 Å². The molecule has 0 aromatic rings. The fourth-order valence-corrected chi connectivity index (χ4v) is 2.28. The molecule has 1 unspecified atom stereocenters. The van der Waals surface area contributed by atoms with Crippen molar-refractivity contribution in [3.8, 4) is 0 Å². The Labute approximate surface area is 116 Å². The highest BCUT2D eigenvalue weighted by molar-refractivity contribution is 5.79. The van der Waals surface area contributed by atoms with Gasteiger partial charge in [0.2, 0.25) is 0 Å². The molecule has 1 aliphatic rings. The van der Waals surface area contributed by atoms with Crippen LogP contribution in [-0.2, 0) is 14.3 Å². The number of hydrogen-bond donors (Lipinski definition) is 1. The SMILES string of the molecule is CCOC(=O)C(C)(N)CCN(C)CC1CCOCC1. The molecule has 0 radical (unpaired) electrons. The highest BCUT2D eigenvalue weighted by Gasteiger charge is 2.30. The van der Waals surface area contributed by atoms with Gasteiger partial charge in [-0.3, -0.25) is 4.79 Å². The van der Waals surface area contributed by atoms with Crippen molar-refractivity contribution < 1.29 is 14.3 Å². The van der Waals surface area contributed by atoms with Gasteiger partial charge >= 0.3 is 5.97 Å². The maximum atomic E-state index is 11.7. The second-order valence-corrected chi connectivity index (χ2v) is 5.71. The Kier molecular flexibility index (Phi) is 6.75. The normalized spacial score (nSPS) is 20.3. The highest BCUT2D eigenvalue weighted by Crippen LogP contribution is 2.16. The zero-order chi connectivity index (χ0) is 14.3. The maximum Gasteiger partial charge on any atom is 0.325 e. The minimum Gasteiger partial charge on any atom is -0.465 e. The number of ether oxygens (including phenoxy) is 2. The summed E-state index contributed by atoms with van der Waals surface area (Å²) in [6.07, 6.45) is 2.87. The molecule has 0 amide bonds. The standard InChI is InChI=1S/C14H28N2O3/c1-4-19-13(17)14(2,15)7-8-16(3)11-12-5-9-18-10-6-12/h12H,4-11,15H2,1-3H3. The van der Waals surface area contributed by atoms with E-state index in [1.807, 2.05) is 0 Å². The average molecular weight is 272 g/mol. The molecule has 1 saturated heterocycles. The first-order chi connectivity index (χ1) is 8.95. The van der Waals surface area contributed by atoms with E-state index >= 15 is 0 Å². The van der Waals surface area contributed by atoms with Crippen LogP contribution < -0.4 is 5.73 Å². The van der Waals surface area contributed by atoms with Crippen LogP contribution in [0.4, 0.5) is 0 Å². The first-order valence-electron chi connectivity index (χ1n) is 7.18. The molecule has 0 bridgehead atoms. The van der Waals surface area contributed by atoms with Gasteiger partial charge in [0.15, 0.2) is 0 Å². The van der Waals surface area contributed by atoms with Crippen molar-refractivity contribution in [1.29, 1.82) is 0 Å². The van der Waals surface area contributed by atoms with Crippen LogP contribution in [0.2, 0.25) is 0 Å². The van der Waals surface area contributed by atoms with Crippen molar-refractivity contribution in [2.24, 2.45) is 11.7 Å². The second-order valence-electron chi connectivity index (χ2n) is 5.71. The van der Waals surface area contributed by atoms with Gasteiger partial charge in [-0.2, -0.15) is 0 Å². The van der Waals surface area contributed by atoms with Gasteiger partial charge in [-0.05, 0) is 46.1 Å². The van der Waals surface area contributed by atoms with Crippen molar-refractivity contribution in [2.45, 2.75) is 38.6 Å². The predicted octanol–water partition coefficient (Wildman–Crippen LogP) is 1.02. The van der Waals surface area contributed by atoms with E-state index in [2.05, 4.69) is 11.9 Å². The van der Waals surface area contributed by atoms with Gasteiger partial charge in [-0.15, -0.1) is 0 Å². The third-order valence-electron chi connectivity index (χ3n) is 3.67. The van der Waals surface area contributed by atoms with Crippen LogP contribution in [-0.4, -0.2) is 56.4 Å². The topological polar surface area (TPSA) is 64.8 Å². The fourth-order valence-electron chi connectivity index (χ4n) is 2.28. The molecule has 5 heteroatoms. The predicted molar refractivity (Wildman–Crippen MR) is 74.9 cm³/mol. The molecule has 0 spiro atoms. The largest absolute Gasteiger partial charge is 0.465 e. The number of rotatable bonds is 7. The van der Waals surface area contributed by atoms with E-state index in [0.29, 0.717) is 18.9 Å². The van der Waals surface area contributed by atoms with Crippen molar-refractivity contribution in [1.82, 2.24) is 4.90 Å². The van der Waals surface area contributed by atoms with Gasteiger partial charge in [0.05, 0.1) is 6.61 Å². The summed E-state index contributed by atoms with van der Waals surface area (Å²) in [6.45, 7) is 7.51. The smallest absolute Gasteiger partial charge is 0.325 e. The van der Waals surface area contributed by atoms with Crippen LogP contribution >= 0.6 is 0 Å². The van der Waals surface area contributed by atoms with E-state index in [1.165, 1.54) is 0 Å². The van der Waals surface area contributed by atoms with Crippen molar-refractivity contribution in [3.63, 3.8) is 0 Å². The summed E-state index contributed by atoms with van der Waals surface area (Å²) in [6, 6.07) is 0. The second kappa shape index (κ2) is 7.82. The van der Waals surface area contributed by atoms with E-state index in [0.717, 1.165) is 39.1 Å². The number of hydrogen-bond acceptors (Lipinski definition) is 5. The van der Waals surface area contributed by atoms with Crippen LogP contribution in [0.3, 0.4) is 0 Å². The van der Waals surface area contributed by atoms with Crippen molar-refractivity contribution >= 4 is 5.97 Å². The Hall–Kier alpha value is -0.650. The lowest BCUT2D eigenvalue weighted by Gasteiger charge is -2.29. The van der Waals surface area contributed by atoms with Gasteiger partial charge in [-0.25, -0.2) is 0 Å². The van der Waals surface area contributed by atoms with E-state index in [-0.39, 0.29) is 5.97 Å². The molecule has 1 heterocycles. The summed E-state index contributed by atoms with van der Waals surface area (Å²) in [4.78, 5) is 13.9. The Morgan fingerprint density at radius 1 is 1.47 bits per heavy atom. The van der Waals surface area contributed by atoms with E-state index in [1.54, 1.807) is 13.8 Å². The molecule has 1 atom stereocenters. The molecule has 0 saturated carbocycles. The average Bonchev–Trinajstić information content (AvgIpc) is 2.38. The van der Waals surface area contributed by atoms with Crippen molar-refractivity contribution in [2.75, 3.05) is 40.0 Å². The van der Waals surface area contributed by atoms with Crippen LogP contribution in [0.5, 0.6) is 0 Å². The summed E-state index contributed by atoms with van der Waals surface area (Å²) >= 11 is 0. The molecule has 5 nitrogen and oxygen atoms in total. The first kappa shape index (κ1) is 16.4. The molecule has 1 aliphatic heterocycles. The molecule has 0 aromatic carbocycles. The molecule has 2 N–H and O–H groups in total. The van der Waals surface area contributed by atoms with Gasteiger partial charge in [0.25, 0.3) is 0 Å². The zero-order valence-electron chi connectivity index (χ0n) is 12.5. The lowest BCUT2D eigenvalue weighted by atomic mass is 9.97.